The van der Waals surface area contributed by atoms with Crippen LogP contribution in [0.25, 0.3) is 0 Å². The van der Waals surface area contributed by atoms with Crippen LogP contribution in [0, 0.1) is 17.7 Å². The predicted octanol–water partition coefficient (Wildman–Crippen LogP) is 3.16. The lowest BCUT2D eigenvalue weighted by Gasteiger charge is -2.22. The first-order chi connectivity index (χ1) is 13.1. The average Bonchev–Trinajstić information content (AvgIpc) is 3.30. The summed E-state index contributed by atoms with van der Waals surface area (Å²) in [4.78, 5) is 27.2. The Bertz CT molecular complexity index is 829. The molecule has 0 radical (unpaired) electrons. The van der Waals surface area contributed by atoms with Crippen molar-refractivity contribution in [3.63, 3.8) is 0 Å². The molecule has 4 rings (SSSR count). The maximum absolute atomic E-state index is 13.8. The molecule has 1 aromatic heterocycles. The van der Waals surface area contributed by atoms with Crippen LogP contribution in [-0.2, 0) is 0 Å². The van der Waals surface area contributed by atoms with Gasteiger partial charge in [0.2, 0.25) is 0 Å². The Labute approximate surface area is 168 Å². The lowest BCUT2D eigenvalue weighted by atomic mass is 9.92. The zero-order valence-electron chi connectivity index (χ0n) is 15.3. The molecule has 8 heteroatoms. The van der Waals surface area contributed by atoms with Gasteiger partial charge in [-0.3, -0.25) is 9.59 Å². The molecule has 2 saturated heterocycles. The molecule has 6 nitrogen and oxygen atoms in total. The summed E-state index contributed by atoms with van der Waals surface area (Å²) < 4.78 is 18.7. The molecule has 2 aliphatic heterocycles. The second-order valence-corrected chi connectivity index (χ2v) is 7.20. The van der Waals surface area contributed by atoms with Gasteiger partial charge in [0.25, 0.3) is 11.8 Å². The highest BCUT2D eigenvalue weighted by Crippen LogP contribution is 2.29. The van der Waals surface area contributed by atoms with Crippen molar-refractivity contribution >= 4 is 29.9 Å². The van der Waals surface area contributed by atoms with Gasteiger partial charge in [-0.2, -0.15) is 0 Å². The smallest absolute Gasteiger partial charge is 0.258 e. The van der Waals surface area contributed by atoms with Gasteiger partial charge in [0.1, 0.15) is 12.1 Å². The fourth-order valence-corrected chi connectivity index (χ4v) is 3.99. The van der Waals surface area contributed by atoms with Gasteiger partial charge in [-0.1, -0.05) is 0 Å². The van der Waals surface area contributed by atoms with Crippen LogP contribution in [0.5, 0.6) is 0 Å². The standard InChI is InChI=1S/C20H22FN3O3.ClH/c21-16-1-2-17(18(9-16)23-19(25)15-5-8-27-12-15)20(26)24-6-3-13-10-22-11-14(13)4-7-24;/h1-2,5,8-9,12-14,22H,3-4,6-7,10-11H2,(H,23,25);1H/t13-,14+;. The number of amides is 2. The van der Waals surface area contributed by atoms with E-state index in [1.54, 1.807) is 0 Å². The molecule has 2 amide bonds. The first-order valence-corrected chi connectivity index (χ1v) is 9.25. The SMILES string of the molecule is Cl.O=C(Nc1cc(F)ccc1C(=O)N1CC[C@@H]2CNC[C@@H]2CC1)c1ccoc1. The lowest BCUT2D eigenvalue weighted by Crippen LogP contribution is -2.33. The summed E-state index contributed by atoms with van der Waals surface area (Å²) in [5, 5.41) is 6.05. The van der Waals surface area contributed by atoms with Gasteiger partial charge < -0.3 is 20.0 Å². The highest BCUT2D eigenvalue weighted by atomic mass is 35.5. The molecule has 3 heterocycles. The molecule has 2 aliphatic rings. The third-order valence-electron chi connectivity index (χ3n) is 5.55. The van der Waals surface area contributed by atoms with Gasteiger partial charge in [0.15, 0.2) is 0 Å². The summed E-state index contributed by atoms with van der Waals surface area (Å²) in [5.74, 6) is 0.0865. The van der Waals surface area contributed by atoms with Crippen LogP contribution < -0.4 is 10.6 Å². The van der Waals surface area contributed by atoms with Crippen molar-refractivity contribution in [1.29, 1.82) is 0 Å². The van der Waals surface area contributed by atoms with E-state index in [1.165, 1.54) is 36.8 Å². The van der Waals surface area contributed by atoms with Crippen molar-refractivity contribution in [3.05, 3.63) is 53.7 Å². The monoisotopic (exact) mass is 407 g/mol. The number of furan rings is 1. The predicted molar refractivity (Wildman–Crippen MR) is 105 cm³/mol. The van der Waals surface area contributed by atoms with Crippen LogP contribution in [0.1, 0.15) is 33.6 Å². The van der Waals surface area contributed by atoms with Crippen LogP contribution >= 0.6 is 12.4 Å². The Balaban J connectivity index is 0.00000225. The molecular weight excluding hydrogens is 385 g/mol. The van der Waals surface area contributed by atoms with E-state index in [1.807, 2.05) is 4.90 Å². The average molecular weight is 408 g/mol. The minimum atomic E-state index is -0.509. The van der Waals surface area contributed by atoms with Crippen LogP contribution in [0.3, 0.4) is 0 Å². The normalized spacial score (nSPS) is 21.4. The maximum Gasteiger partial charge on any atom is 0.258 e. The van der Waals surface area contributed by atoms with Crippen molar-refractivity contribution in [3.8, 4) is 0 Å². The Morgan fingerprint density at radius 3 is 2.50 bits per heavy atom. The van der Waals surface area contributed by atoms with Gasteiger partial charge >= 0.3 is 0 Å². The van der Waals surface area contributed by atoms with E-state index in [0.29, 0.717) is 36.1 Å². The fraction of sp³-hybridized carbons (Fsp3) is 0.400. The molecule has 2 N–H and O–H groups in total. The van der Waals surface area contributed by atoms with E-state index in [4.69, 9.17) is 4.42 Å². The fourth-order valence-electron chi connectivity index (χ4n) is 3.99. The number of anilines is 1. The number of hydrogen-bond donors (Lipinski definition) is 2. The van der Waals surface area contributed by atoms with E-state index in [9.17, 15) is 14.0 Å². The number of fused-ring (bicyclic) bond motifs is 1. The summed E-state index contributed by atoms with van der Waals surface area (Å²) >= 11 is 0. The Morgan fingerprint density at radius 1 is 1.14 bits per heavy atom. The number of nitrogens with zero attached hydrogens (tertiary/aromatic N) is 1. The number of likely N-dealkylation sites (tertiary alicyclic amines) is 1. The quantitative estimate of drug-likeness (QED) is 0.819. The van der Waals surface area contributed by atoms with Gasteiger partial charge in [-0.25, -0.2) is 4.39 Å². The summed E-state index contributed by atoms with van der Waals surface area (Å²) in [6.07, 6.45) is 4.61. The van der Waals surface area contributed by atoms with E-state index < -0.39 is 11.7 Å². The number of carbonyl (C=O) groups excluding carboxylic acids is 2. The van der Waals surface area contributed by atoms with E-state index in [2.05, 4.69) is 10.6 Å². The molecule has 0 aliphatic carbocycles. The second kappa shape index (κ2) is 8.75. The summed E-state index contributed by atoms with van der Waals surface area (Å²) in [7, 11) is 0. The zero-order valence-corrected chi connectivity index (χ0v) is 16.1. The highest BCUT2D eigenvalue weighted by Gasteiger charge is 2.32. The Hall–Kier alpha value is -2.38. The van der Waals surface area contributed by atoms with Crippen molar-refractivity contribution in [2.24, 2.45) is 11.8 Å². The van der Waals surface area contributed by atoms with Crippen molar-refractivity contribution < 1.29 is 18.4 Å². The molecule has 2 aromatic rings. The molecule has 2 fully saturated rings. The summed E-state index contributed by atoms with van der Waals surface area (Å²) in [5.41, 5.74) is 0.795. The molecule has 0 saturated carbocycles. The van der Waals surface area contributed by atoms with E-state index >= 15 is 0 Å². The Morgan fingerprint density at radius 2 is 1.86 bits per heavy atom. The number of halogens is 2. The Kier molecular flexibility index (Phi) is 6.36. The van der Waals surface area contributed by atoms with Gasteiger partial charge in [-0.05, 0) is 62.0 Å². The van der Waals surface area contributed by atoms with Gasteiger partial charge in [0, 0.05) is 13.1 Å². The molecule has 0 bridgehead atoms. The molecule has 28 heavy (non-hydrogen) atoms. The molecule has 150 valence electrons. The number of nitrogens with one attached hydrogen (secondary N) is 2. The first-order valence-electron chi connectivity index (χ1n) is 9.25. The molecule has 1 aromatic carbocycles. The number of benzene rings is 1. The minimum absolute atomic E-state index is 0. The van der Waals surface area contributed by atoms with Crippen molar-refractivity contribution in [1.82, 2.24) is 10.2 Å². The topological polar surface area (TPSA) is 74.6 Å². The van der Waals surface area contributed by atoms with Gasteiger partial charge in [-0.15, -0.1) is 12.4 Å². The van der Waals surface area contributed by atoms with E-state index in [0.717, 1.165) is 25.9 Å². The van der Waals surface area contributed by atoms with Crippen LogP contribution in [-0.4, -0.2) is 42.9 Å². The number of rotatable bonds is 3. The summed E-state index contributed by atoms with van der Waals surface area (Å²) in [6, 6.07) is 5.38. The van der Waals surface area contributed by atoms with Crippen molar-refractivity contribution in [2.45, 2.75) is 12.8 Å². The largest absolute Gasteiger partial charge is 0.472 e. The molecule has 0 spiro atoms. The highest BCUT2D eigenvalue weighted by molar-refractivity contribution is 6.08. The van der Waals surface area contributed by atoms with E-state index in [-0.39, 0.29) is 24.0 Å². The minimum Gasteiger partial charge on any atom is -0.472 e. The molecular formula is C20H23ClFN3O3. The molecule has 2 atom stereocenters. The third-order valence-corrected chi connectivity index (χ3v) is 5.55. The van der Waals surface area contributed by atoms with Crippen LogP contribution in [0.4, 0.5) is 10.1 Å². The summed E-state index contributed by atoms with van der Waals surface area (Å²) in [6.45, 7) is 3.37. The molecule has 0 unspecified atom stereocenters. The zero-order chi connectivity index (χ0) is 18.8. The van der Waals surface area contributed by atoms with Crippen LogP contribution in [0.15, 0.2) is 41.2 Å². The van der Waals surface area contributed by atoms with Crippen LogP contribution in [0.2, 0.25) is 0 Å². The van der Waals surface area contributed by atoms with Gasteiger partial charge in [0.05, 0.1) is 23.1 Å². The second-order valence-electron chi connectivity index (χ2n) is 7.20. The van der Waals surface area contributed by atoms with Crippen molar-refractivity contribution in [2.75, 3.05) is 31.5 Å². The number of hydrogen-bond acceptors (Lipinski definition) is 4. The third kappa shape index (κ3) is 4.20. The number of carbonyl (C=O) groups is 2. The lowest BCUT2D eigenvalue weighted by molar-refractivity contribution is 0.0759. The maximum atomic E-state index is 13.8. The first kappa shape index (κ1) is 20.4.